The summed E-state index contributed by atoms with van der Waals surface area (Å²) >= 11 is 1.55. The molecule has 1 saturated heterocycles. The summed E-state index contributed by atoms with van der Waals surface area (Å²) < 4.78 is 1.72. The molecule has 0 spiro atoms. The van der Waals surface area contributed by atoms with Crippen LogP contribution in [0.15, 0.2) is 9.95 Å². The molecule has 0 saturated carbocycles. The van der Waals surface area contributed by atoms with Crippen LogP contribution < -0.4 is 5.56 Å². The number of carbonyl (C=O) groups is 1. The van der Waals surface area contributed by atoms with Crippen molar-refractivity contribution in [3.8, 4) is 0 Å². The molecule has 1 atom stereocenters. The molecule has 1 unspecified atom stereocenters. The average molecular weight is 335 g/mol. The van der Waals surface area contributed by atoms with Crippen molar-refractivity contribution in [1.29, 1.82) is 0 Å². The number of hydrogen-bond acceptors (Lipinski definition) is 4. The normalized spacial score (nSPS) is 21.7. The number of carbonyl (C=O) groups excluding carboxylic acids is 1. The van der Waals surface area contributed by atoms with E-state index in [4.69, 9.17) is 0 Å². The van der Waals surface area contributed by atoms with Gasteiger partial charge in [-0.3, -0.25) is 14.2 Å². The molecule has 0 aromatic carbocycles. The molecule has 2 aliphatic rings. The third kappa shape index (κ3) is 3.32. The minimum Gasteiger partial charge on any atom is -0.342 e. The van der Waals surface area contributed by atoms with Crippen molar-refractivity contribution in [2.24, 2.45) is 5.92 Å². The van der Waals surface area contributed by atoms with E-state index in [0.29, 0.717) is 13.0 Å². The van der Waals surface area contributed by atoms with Crippen LogP contribution in [0.25, 0.3) is 0 Å². The minimum atomic E-state index is -0.0995. The van der Waals surface area contributed by atoms with Gasteiger partial charge in [0.15, 0.2) is 5.16 Å². The molecule has 1 amide bonds. The van der Waals surface area contributed by atoms with Crippen molar-refractivity contribution in [2.45, 2.75) is 57.7 Å². The molecule has 3 heterocycles. The number of likely N-dealkylation sites (tertiary alicyclic amines) is 1. The second kappa shape index (κ2) is 7.07. The summed E-state index contributed by atoms with van der Waals surface area (Å²) in [7, 11) is 0. The molecule has 0 aliphatic carbocycles. The smallest absolute Gasteiger partial charge is 0.257 e. The number of fused-ring (bicyclic) bond motifs is 1. The van der Waals surface area contributed by atoms with Crippen LogP contribution in [0, 0.1) is 12.8 Å². The van der Waals surface area contributed by atoms with Crippen molar-refractivity contribution in [3.63, 3.8) is 0 Å². The molecule has 126 valence electrons. The number of aryl methyl sites for hydroxylation is 1. The predicted octanol–water partition coefficient (Wildman–Crippen LogP) is 2.24. The molecular formula is C17H25N3O2S. The second-order valence-electron chi connectivity index (χ2n) is 6.48. The number of thioether (sulfide) groups is 1. The summed E-state index contributed by atoms with van der Waals surface area (Å²) in [4.78, 5) is 32.1. The Kier molecular flexibility index (Phi) is 5.09. The molecule has 23 heavy (non-hydrogen) atoms. The van der Waals surface area contributed by atoms with E-state index in [-0.39, 0.29) is 17.4 Å². The van der Waals surface area contributed by atoms with Gasteiger partial charge in [0.2, 0.25) is 5.91 Å². The van der Waals surface area contributed by atoms with Crippen LogP contribution in [0.1, 0.15) is 43.9 Å². The fourth-order valence-corrected chi connectivity index (χ4v) is 4.61. The zero-order chi connectivity index (χ0) is 16.4. The summed E-state index contributed by atoms with van der Waals surface area (Å²) in [6.07, 6.45) is 5.32. The Bertz CT molecular complexity index is 648. The maximum Gasteiger partial charge on any atom is 0.257 e. The summed E-state index contributed by atoms with van der Waals surface area (Å²) in [5.41, 5.74) is 1.64. The largest absolute Gasteiger partial charge is 0.342 e. The van der Waals surface area contributed by atoms with E-state index in [1.165, 1.54) is 12.8 Å². The van der Waals surface area contributed by atoms with Gasteiger partial charge in [-0.2, -0.15) is 0 Å². The highest BCUT2D eigenvalue weighted by Crippen LogP contribution is 2.27. The van der Waals surface area contributed by atoms with Crippen LogP contribution in [0.2, 0.25) is 0 Å². The van der Waals surface area contributed by atoms with Gasteiger partial charge >= 0.3 is 0 Å². The standard InChI is InChI=1S/C17H25N3O2S/c1-3-14-12(2)18-17-20(16(14)22)10-13(11-23-17)15(21)19-8-6-4-5-7-9-19/h13H,3-11H2,1-2H3. The number of aromatic nitrogens is 2. The third-order valence-electron chi connectivity index (χ3n) is 4.87. The summed E-state index contributed by atoms with van der Waals surface area (Å²) in [5, 5.41) is 0.768. The van der Waals surface area contributed by atoms with Crippen molar-refractivity contribution in [1.82, 2.24) is 14.5 Å². The van der Waals surface area contributed by atoms with Crippen molar-refractivity contribution < 1.29 is 4.79 Å². The van der Waals surface area contributed by atoms with Gasteiger partial charge in [-0.25, -0.2) is 4.98 Å². The third-order valence-corrected chi connectivity index (χ3v) is 6.01. The average Bonchev–Trinajstić information content (AvgIpc) is 2.83. The first-order valence-corrected chi connectivity index (χ1v) is 9.62. The Morgan fingerprint density at radius 3 is 2.61 bits per heavy atom. The molecule has 2 aliphatic heterocycles. The molecular weight excluding hydrogens is 310 g/mol. The van der Waals surface area contributed by atoms with Gasteiger partial charge in [0.1, 0.15) is 0 Å². The van der Waals surface area contributed by atoms with Crippen LogP contribution in [-0.2, 0) is 17.8 Å². The number of rotatable bonds is 2. The SMILES string of the molecule is CCc1c(C)nc2n(c1=O)CC(C(=O)N1CCCCCC1)CS2. The van der Waals surface area contributed by atoms with Gasteiger partial charge < -0.3 is 4.90 Å². The molecule has 6 heteroatoms. The first-order chi connectivity index (χ1) is 11.1. The van der Waals surface area contributed by atoms with Crippen LogP contribution >= 0.6 is 11.8 Å². The van der Waals surface area contributed by atoms with E-state index in [0.717, 1.165) is 48.1 Å². The lowest BCUT2D eigenvalue weighted by molar-refractivity contribution is -0.135. The highest BCUT2D eigenvalue weighted by atomic mass is 32.2. The number of amides is 1. The zero-order valence-corrected chi connectivity index (χ0v) is 14.8. The van der Waals surface area contributed by atoms with Crippen LogP contribution in [0.5, 0.6) is 0 Å². The number of hydrogen-bond donors (Lipinski definition) is 0. The van der Waals surface area contributed by atoms with E-state index >= 15 is 0 Å². The molecule has 0 radical (unpaired) electrons. The fourth-order valence-electron chi connectivity index (χ4n) is 3.50. The molecule has 3 rings (SSSR count). The highest BCUT2D eigenvalue weighted by molar-refractivity contribution is 7.99. The van der Waals surface area contributed by atoms with Crippen molar-refractivity contribution in [3.05, 3.63) is 21.6 Å². The Hall–Kier alpha value is -1.30. The Morgan fingerprint density at radius 2 is 1.96 bits per heavy atom. The van der Waals surface area contributed by atoms with Gasteiger partial charge in [-0.1, -0.05) is 31.5 Å². The summed E-state index contributed by atoms with van der Waals surface area (Å²) in [6, 6.07) is 0. The molecule has 1 aromatic heterocycles. The maximum atomic E-state index is 12.8. The monoisotopic (exact) mass is 335 g/mol. The van der Waals surface area contributed by atoms with E-state index < -0.39 is 0 Å². The molecule has 5 nitrogen and oxygen atoms in total. The van der Waals surface area contributed by atoms with Gasteiger partial charge in [-0.05, 0) is 26.2 Å². The molecule has 0 N–H and O–H groups in total. The summed E-state index contributed by atoms with van der Waals surface area (Å²) in [5.74, 6) is 0.847. The Balaban J connectivity index is 1.82. The molecule has 1 fully saturated rings. The highest BCUT2D eigenvalue weighted by Gasteiger charge is 2.31. The molecule has 0 bridgehead atoms. The number of nitrogens with zero attached hydrogens (tertiary/aromatic N) is 3. The van der Waals surface area contributed by atoms with Crippen LogP contribution in [0.4, 0.5) is 0 Å². The Labute approximate surface area is 141 Å². The predicted molar refractivity (Wildman–Crippen MR) is 91.9 cm³/mol. The Morgan fingerprint density at radius 1 is 1.26 bits per heavy atom. The lowest BCUT2D eigenvalue weighted by Gasteiger charge is -2.30. The first-order valence-electron chi connectivity index (χ1n) is 8.63. The lowest BCUT2D eigenvalue weighted by Crippen LogP contribution is -2.43. The van der Waals surface area contributed by atoms with Gasteiger partial charge in [0.25, 0.3) is 5.56 Å². The van der Waals surface area contributed by atoms with Crippen LogP contribution in [-0.4, -0.2) is 39.2 Å². The quantitative estimate of drug-likeness (QED) is 0.778. The maximum absolute atomic E-state index is 12.8. The summed E-state index contributed by atoms with van der Waals surface area (Å²) in [6.45, 7) is 6.10. The van der Waals surface area contributed by atoms with Gasteiger partial charge in [-0.15, -0.1) is 0 Å². The zero-order valence-electron chi connectivity index (χ0n) is 14.0. The minimum absolute atomic E-state index is 0.0378. The van der Waals surface area contributed by atoms with E-state index in [2.05, 4.69) is 4.98 Å². The molecule has 1 aromatic rings. The fraction of sp³-hybridized carbons (Fsp3) is 0.706. The van der Waals surface area contributed by atoms with Crippen molar-refractivity contribution in [2.75, 3.05) is 18.8 Å². The van der Waals surface area contributed by atoms with E-state index in [9.17, 15) is 9.59 Å². The van der Waals surface area contributed by atoms with Gasteiger partial charge in [0, 0.05) is 36.6 Å². The van der Waals surface area contributed by atoms with Gasteiger partial charge in [0.05, 0.1) is 5.92 Å². The van der Waals surface area contributed by atoms with Crippen molar-refractivity contribution >= 4 is 17.7 Å². The second-order valence-corrected chi connectivity index (χ2v) is 7.46. The lowest BCUT2D eigenvalue weighted by atomic mass is 10.1. The van der Waals surface area contributed by atoms with Crippen LogP contribution in [0.3, 0.4) is 0 Å². The topological polar surface area (TPSA) is 55.2 Å². The van der Waals surface area contributed by atoms with E-state index in [1.54, 1.807) is 16.3 Å². The first kappa shape index (κ1) is 16.6. The van der Waals surface area contributed by atoms with E-state index in [1.807, 2.05) is 18.7 Å².